The molecule has 0 amide bonds. The molecule has 4 heterocycles. The highest BCUT2D eigenvalue weighted by Crippen LogP contribution is 2.76. The molecule has 9 rings (SSSR count). The SMILES string of the molecule is CC(=O)O[C@@H]1[C@@H](O[C@@H]2OC[C@@H](O)[C@H](O)[C@H]2O)[C@H](O[C@H]2CC[C@@]3(C)[C@H](CC[C@]4(C)[C@@H]3CC=C3[C@@H]5CC(C)(C)CC[C@]5(C(=O)O[C@@H]5O[C@H](CO)[C@@H](O)[C@H](O)[C@H]5O)CC[C@]34C)C2(C)C)O[C@H](C(=O)O)[C@H]1O[C@@H]1OC[C@@H](O)[C@H](O)[C@H]1O. The first kappa shape index (κ1) is 59.1. The number of aliphatic hydroxyl groups excluding tert-OH is 10. The number of carbonyl (C=O) groups is 3. The van der Waals surface area contributed by atoms with Gasteiger partial charge in [-0.2, -0.15) is 0 Å². The summed E-state index contributed by atoms with van der Waals surface area (Å²) in [5, 5.41) is 116. The Labute approximate surface area is 448 Å². The topological polar surface area (TPSA) is 357 Å². The molecule has 4 aliphatic heterocycles. The third-order valence-electron chi connectivity index (χ3n) is 20.9. The van der Waals surface area contributed by atoms with Crippen LogP contribution in [0.3, 0.4) is 0 Å². The predicted octanol–water partition coefficient (Wildman–Crippen LogP) is -0.0940. The van der Waals surface area contributed by atoms with Crippen LogP contribution < -0.4 is 0 Å². The third kappa shape index (κ3) is 9.92. The number of carbonyl (C=O) groups excluding carboxylic acids is 2. The Balaban J connectivity index is 1.000. The van der Waals surface area contributed by atoms with Gasteiger partial charge in [-0.3, -0.25) is 9.59 Å². The van der Waals surface area contributed by atoms with Gasteiger partial charge in [-0.1, -0.05) is 60.1 Å². The van der Waals surface area contributed by atoms with Crippen molar-refractivity contribution in [1.29, 1.82) is 0 Å². The molecule has 0 spiro atoms. The number of hydrogen-bond acceptors (Lipinski definition) is 22. The van der Waals surface area contributed by atoms with Gasteiger partial charge in [0, 0.05) is 6.92 Å². The first-order valence-electron chi connectivity index (χ1n) is 27.5. The lowest BCUT2D eigenvalue weighted by Gasteiger charge is -2.71. The van der Waals surface area contributed by atoms with Crippen LogP contribution >= 0.6 is 0 Å². The molecule has 8 fully saturated rings. The summed E-state index contributed by atoms with van der Waals surface area (Å²) >= 11 is 0. The van der Waals surface area contributed by atoms with Crippen LogP contribution in [0.25, 0.3) is 0 Å². The predicted molar refractivity (Wildman–Crippen MR) is 261 cm³/mol. The molecule has 0 bridgehead atoms. The molecule has 26 atom stereocenters. The number of rotatable bonds is 11. The molecule has 438 valence electrons. The molecule has 0 aromatic heterocycles. The van der Waals surface area contributed by atoms with Crippen LogP contribution in [-0.2, 0) is 57.0 Å². The van der Waals surface area contributed by atoms with E-state index in [0.717, 1.165) is 32.6 Å². The van der Waals surface area contributed by atoms with Crippen LogP contribution in [0.4, 0.5) is 0 Å². The van der Waals surface area contributed by atoms with E-state index in [0.29, 0.717) is 38.5 Å². The first-order chi connectivity index (χ1) is 36.0. The van der Waals surface area contributed by atoms with E-state index in [4.69, 9.17) is 42.6 Å². The molecule has 23 heteroatoms. The summed E-state index contributed by atoms with van der Waals surface area (Å²) < 4.78 is 54.1. The fraction of sp³-hybridized carbons (Fsp3) is 0.907. The van der Waals surface area contributed by atoms with Crippen LogP contribution in [-0.4, -0.2) is 211 Å². The fourth-order valence-electron chi connectivity index (χ4n) is 16.2. The summed E-state index contributed by atoms with van der Waals surface area (Å²) in [5.41, 5.74) is -1.39. The highest BCUT2D eigenvalue weighted by Gasteiger charge is 2.70. The lowest BCUT2D eigenvalue weighted by atomic mass is 9.33. The molecule has 4 saturated heterocycles. The van der Waals surface area contributed by atoms with Crippen LogP contribution in [0.1, 0.15) is 120 Å². The third-order valence-corrected chi connectivity index (χ3v) is 20.9. The summed E-state index contributed by atoms with van der Waals surface area (Å²) in [6.07, 6.45) is -22.2. The first-order valence-corrected chi connectivity index (χ1v) is 27.5. The number of allylic oxidation sites excluding steroid dienone is 2. The summed E-state index contributed by atoms with van der Waals surface area (Å²) in [6, 6.07) is 0. The van der Waals surface area contributed by atoms with E-state index in [-0.39, 0.29) is 39.4 Å². The minimum absolute atomic E-state index is 0.0145. The Morgan fingerprint density at radius 2 is 1.22 bits per heavy atom. The van der Waals surface area contributed by atoms with E-state index in [2.05, 4.69) is 54.5 Å². The van der Waals surface area contributed by atoms with Crippen molar-refractivity contribution >= 4 is 17.9 Å². The lowest BCUT2D eigenvalue weighted by Crippen LogP contribution is -2.68. The number of ether oxygens (including phenoxy) is 9. The van der Waals surface area contributed by atoms with Gasteiger partial charge in [0.1, 0.15) is 67.1 Å². The molecule has 77 heavy (non-hydrogen) atoms. The van der Waals surface area contributed by atoms with E-state index in [9.17, 15) is 70.6 Å². The zero-order chi connectivity index (χ0) is 56.3. The van der Waals surface area contributed by atoms with E-state index < -0.39 is 165 Å². The van der Waals surface area contributed by atoms with Crippen molar-refractivity contribution in [2.24, 2.45) is 50.2 Å². The van der Waals surface area contributed by atoms with Crippen LogP contribution in [0.2, 0.25) is 0 Å². The maximum atomic E-state index is 14.8. The lowest BCUT2D eigenvalue weighted by molar-refractivity contribution is -0.382. The molecule has 0 aromatic rings. The van der Waals surface area contributed by atoms with Gasteiger partial charge in [0.05, 0.1) is 31.3 Å². The largest absolute Gasteiger partial charge is 0.479 e. The van der Waals surface area contributed by atoms with Crippen molar-refractivity contribution in [2.45, 2.75) is 236 Å². The second kappa shape index (κ2) is 21.3. The fourth-order valence-corrected chi connectivity index (χ4v) is 16.2. The molecule has 0 radical (unpaired) electrons. The molecule has 4 saturated carbocycles. The van der Waals surface area contributed by atoms with Crippen molar-refractivity contribution in [3.05, 3.63) is 11.6 Å². The molecule has 5 aliphatic carbocycles. The Kier molecular flexibility index (Phi) is 16.4. The van der Waals surface area contributed by atoms with Crippen molar-refractivity contribution in [2.75, 3.05) is 19.8 Å². The van der Waals surface area contributed by atoms with Crippen molar-refractivity contribution in [1.82, 2.24) is 0 Å². The van der Waals surface area contributed by atoms with Gasteiger partial charge in [-0.25, -0.2) is 4.79 Å². The number of aliphatic hydroxyl groups is 10. The number of carboxylic acids is 1. The summed E-state index contributed by atoms with van der Waals surface area (Å²) in [4.78, 5) is 41.0. The van der Waals surface area contributed by atoms with Gasteiger partial charge in [0.15, 0.2) is 37.2 Å². The molecule has 11 N–H and O–H groups in total. The van der Waals surface area contributed by atoms with Gasteiger partial charge in [0.2, 0.25) is 6.29 Å². The second-order valence-corrected chi connectivity index (χ2v) is 26.0. The number of hydrogen-bond donors (Lipinski definition) is 11. The zero-order valence-corrected chi connectivity index (χ0v) is 45.3. The minimum Gasteiger partial charge on any atom is -0.479 e. The maximum absolute atomic E-state index is 14.8. The van der Waals surface area contributed by atoms with Crippen molar-refractivity contribution in [3.63, 3.8) is 0 Å². The number of aliphatic carboxylic acids is 1. The molecule has 23 nitrogen and oxygen atoms in total. The molecule has 0 unspecified atom stereocenters. The average molecular weight is 1100 g/mol. The highest BCUT2D eigenvalue weighted by atomic mass is 16.8. The molecular formula is C54H84O23. The van der Waals surface area contributed by atoms with Crippen molar-refractivity contribution in [3.8, 4) is 0 Å². The number of fused-ring (bicyclic) bond motifs is 7. The molecule has 9 aliphatic rings. The Morgan fingerprint density at radius 3 is 1.82 bits per heavy atom. The molecule has 0 aromatic carbocycles. The smallest absolute Gasteiger partial charge is 0.335 e. The van der Waals surface area contributed by atoms with Gasteiger partial charge < -0.3 is 98.8 Å². The number of carboxylic acid groups (broad SMARTS) is 1. The van der Waals surface area contributed by atoms with Gasteiger partial charge in [-0.15, -0.1) is 0 Å². The zero-order valence-electron chi connectivity index (χ0n) is 45.3. The van der Waals surface area contributed by atoms with Crippen molar-refractivity contribution < 1.29 is 113 Å². The minimum atomic E-state index is -2.00. The average Bonchev–Trinajstić information content (AvgIpc) is 3.55. The summed E-state index contributed by atoms with van der Waals surface area (Å²) in [6.45, 7) is 15.1. The van der Waals surface area contributed by atoms with E-state index in [1.807, 2.05) is 0 Å². The monoisotopic (exact) mass is 1100 g/mol. The van der Waals surface area contributed by atoms with Gasteiger partial charge in [0.25, 0.3) is 0 Å². The Bertz CT molecular complexity index is 2210. The summed E-state index contributed by atoms with van der Waals surface area (Å²) in [5.74, 6) is -3.09. The van der Waals surface area contributed by atoms with Gasteiger partial charge >= 0.3 is 17.9 Å². The number of esters is 2. The van der Waals surface area contributed by atoms with Crippen LogP contribution in [0, 0.1) is 50.2 Å². The Morgan fingerprint density at radius 1 is 0.623 bits per heavy atom. The summed E-state index contributed by atoms with van der Waals surface area (Å²) in [7, 11) is 0. The van der Waals surface area contributed by atoms with E-state index >= 15 is 0 Å². The van der Waals surface area contributed by atoms with Crippen LogP contribution in [0.5, 0.6) is 0 Å². The highest BCUT2D eigenvalue weighted by molar-refractivity contribution is 5.79. The Hall–Kier alpha value is -2.53. The maximum Gasteiger partial charge on any atom is 0.335 e. The van der Waals surface area contributed by atoms with Crippen LogP contribution in [0.15, 0.2) is 11.6 Å². The second-order valence-electron chi connectivity index (χ2n) is 26.0. The quantitative estimate of drug-likeness (QED) is 0.0731. The normalized spacial score (nSPS) is 51.3. The standard InChI is InChI=1S/C54H84O23/c1-23(56)71-40-39(74-44-36(63)32(59)26(57)21-69-44)41(43(66)67)75-47(42(40)76-45-37(64)33(60)27(58)22-70-45)73-31-12-13-51(6)29(50(31,4)5)11-14-53(8)30(51)10-9-24-25-19-49(2,3)15-17-54(25,18-16-52(24,53)7)48(68)77-46-38(65)35(62)34(61)28(20-55)72-46/h9,25-42,44-47,55,57-65H,10-22H2,1-8H3,(H,66,67)/t25-,26+,27+,28+,29+,30+,31-,32-,33-,34+,35-,36+,37+,38+,39-,40-,41-,42+,44-,45-,46-,47+,51-,52+,53+,54-/m0/s1. The van der Waals surface area contributed by atoms with E-state index in [1.54, 1.807) is 0 Å². The van der Waals surface area contributed by atoms with Gasteiger partial charge in [-0.05, 0) is 109 Å². The molecular weight excluding hydrogens is 1020 g/mol. The van der Waals surface area contributed by atoms with E-state index in [1.165, 1.54) is 5.57 Å².